The second-order valence-electron chi connectivity index (χ2n) is 5.90. The molecular weight excluding hydrogens is 312 g/mol. The first kappa shape index (κ1) is 16.0. The second-order valence-corrected chi connectivity index (χ2v) is 6.68. The van der Waals surface area contributed by atoms with E-state index < -0.39 is 0 Å². The van der Waals surface area contributed by atoms with E-state index in [9.17, 15) is 4.79 Å². The molecule has 1 aliphatic rings. The van der Waals surface area contributed by atoms with Crippen molar-refractivity contribution in [2.45, 2.75) is 25.6 Å². The van der Waals surface area contributed by atoms with Crippen molar-refractivity contribution in [3.63, 3.8) is 0 Å². The highest BCUT2D eigenvalue weighted by atomic mass is 32.1. The van der Waals surface area contributed by atoms with Gasteiger partial charge in [0, 0.05) is 26.3 Å². The number of aryl methyl sites for hydroxylation is 1. The zero-order valence-electron chi connectivity index (χ0n) is 13.4. The van der Waals surface area contributed by atoms with E-state index in [2.05, 4.69) is 21.9 Å². The molecule has 2 aromatic heterocycles. The van der Waals surface area contributed by atoms with Gasteiger partial charge in [-0.3, -0.25) is 4.68 Å². The van der Waals surface area contributed by atoms with Gasteiger partial charge in [0.2, 0.25) is 0 Å². The van der Waals surface area contributed by atoms with E-state index in [0.29, 0.717) is 19.6 Å². The minimum absolute atomic E-state index is 0.0238. The van der Waals surface area contributed by atoms with Crippen LogP contribution in [0.2, 0.25) is 0 Å². The summed E-state index contributed by atoms with van der Waals surface area (Å²) in [4.78, 5) is 14.2. The SMILES string of the molecule is C[C@@H]1CN(C(=O)NCCc2cnn(C)c2)C[C@H](c2ccsc2)O1. The van der Waals surface area contributed by atoms with Crippen molar-refractivity contribution in [3.8, 4) is 0 Å². The maximum Gasteiger partial charge on any atom is 0.317 e. The number of nitrogens with zero attached hydrogens (tertiary/aromatic N) is 3. The molecule has 0 spiro atoms. The third kappa shape index (κ3) is 4.11. The summed E-state index contributed by atoms with van der Waals surface area (Å²) in [6.07, 6.45) is 4.59. The summed E-state index contributed by atoms with van der Waals surface area (Å²) in [5, 5.41) is 11.2. The maximum absolute atomic E-state index is 12.4. The number of nitrogens with one attached hydrogen (secondary N) is 1. The molecule has 124 valence electrons. The molecule has 0 radical (unpaired) electrons. The van der Waals surface area contributed by atoms with Gasteiger partial charge in [-0.25, -0.2) is 4.79 Å². The standard InChI is InChI=1S/C16H22N4O2S/c1-12-8-20(10-15(22-12)14-4-6-23-11-14)16(21)17-5-3-13-7-18-19(2)9-13/h4,6-7,9,11-12,15H,3,5,8,10H2,1-2H3,(H,17,21)/t12-,15-/m1/s1. The van der Waals surface area contributed by atoms with Crippen LogP contribution in [0.15, 0.2) is 29.2 Å². The number of carbonyl (C=O) groups is 1. The molecule has 2 aromatic rings. The van der Waals surface area contributed by atoms with Crippen LogP contribution in [0.1, 0.15) is 24.2 Å². The molecule has 1 aliphatic heterocycles. The lowest BCUT2D eigenvalue weighted by Gasteiger charge is -2.36. The third-order valence-electron chi connectivity index (χ3n) is 3.91. The van der Waals surface area contributed by atoms with Crippen molar-refractivity contribution >= 4 is 17.4 Å². The van der Waals surface area contributed by atoms with Crippen LogP contribution in [-0.2, 0) is 18.2 Å². The Kier molecular flexibility index (Phi) is 4.97. The highest BCUT2D eigenvalue weighted by Gasteiger charge is 2.29. The smallest absolute Gasteiger partial charge is 0.317 e. The van der Waals surface area contributed by atoms with Gasteiger partial charge in [-0.1, -0.05) is 0 Å². The van der Waals surface area contributed by atoms with Crippen molar-refractivity contribution in [1.29, 1.82) is 0 Å². The van der Waals surface area contributed by atoms with E-state index in [0.717, 1.165) is 17.5 Å². The molecule has 2 amide bonds. The topological polar surface area (TPSA) is 59.4 Å². The van der Waals surface area contributed by atoms with Crippen LogP contribution in [0.4, 0.5) is 4.79 Å². The van der Waals surface area contributed by atoms with Crippen LogP contribution < -0.4 is 5.32 Å². The maximum atomic E-state index is 12.4. The molecule has 1 fully saturated rings. The molecule has 0 saturated carbocycles. The summed E-state index contributed by atoms with van der Waals surface area (Å²) < 4.78 is 7.73. The fraction of sp³-hybridized carbons (Fsp3) is 0.500. The Hall–Kier alpha value is -1.86. The molecule has 0 unspecified atom stereocenters. The van der Waals surface area contributed by atoms with Gasteiger partial charge in [-0.05, 0) is 41.3 Å². The third-order valence-corrected chi connectivity index (χ3v) is 4.61. The van der Waals surface area contributed by atoms with Crippen molar-refractivity contribution in [1.82, 2.24) is 20.0 Å². The first-order chi connectivity index (χ1) is 11.1. The minimum Gasteiger partial charge on any atom is -0.367 e. The number of amides is 2. The molecule has 0 aromatic carbocycles. The molecule has 0 aliphatic carbocycles. The van der Waals surface area contributed by atoms with Gasteiger partial charge < -0.3 is 15.0 Å². The number of rotatable bonds is 4. The van der Waals surface area contributed by atoms with Crippen LogP contribution in [0.5, 0.6) is 0 Å². The number of morpholine rings is 1. The van der Waals surface area contributed by atoms with Crippen LogP contribution in [0.3, 0.4) is 0 Å². The summed E-state index contributed by atoms with van der Waals surface area (Å²) >= 11 is 1.65. The average molecular weight is 334 g/mol. The lowest BCUT2D eigenvalue weighted by atomic mass is 10.1. The molecule has 1 N–H and O–H groups in total. The molecule has 2 atom stereocenters. The summed E-state index contributed by atoms with van der Waals surface area (Å²) in [7, 11) is 1.89. The number of urea groups is 1. The molecule has 1 saturated heterocycles. The quantitative estimate of drug-likeness (QED) is 0.932. The predicted molar refractivity (Wildman–Crippen MR) is 89.5 cm³/mol. The van der Waals surface area contributed by atoms with Crippen molar-refractivity contribution in [2.75, 3.05) is 19.6 Å². The van der Waals surface area contributed by atoms with Gasteiger partial charge in [0.25, 0.3) is 0 Å². The zero-order valence-corrected chi connectivity index (χ0v) is 14.3. The van der Waals surface area contributed by atoms with E-state index >= 15 is 0 Å². The van der Waals surface area contributed by atoms with Crippen molar-refractivity contribution < 1.29 is 9.53 Å². The Morgan fingerprint density at radius 2 is 2.39 bits per heavy atom. The van der Waals surface area contributed by atoms with Gasteiger partial charge in [-0.2, -0.15) is 16.4 Å². The van der Waals surface area contributed by atoms with Crippen LogP contribution in [0.25, 0.3) is 0 Å². The molecular formula is C16H22N4O2S. The summed E-state index contributed by atoms with van der Waals surface area (Å²) in [6.45, 7) is 3.84. The van der Waals surface area contributed by atoms with Crippen molar-refractivity contribution in [2.24, 2.45) is 7.05 Å². The number of ether oxygens (including phenoxy) is 1. The highest BCUT2D eigenvalue weighted by molar-refractivity contribution is 7.07. The van der Waals surface area contributed by atoms with Crippen LogP contribution in [-0.4, -0.2) is 46.4 Å². The van der Waals surface area contributed by atoms with E-state index in [1.54, 1.807) is 16.0 Å². The number of aromatic nitrogens is 2. The highest BCUT2D eigenvalue weighted by Crippen LogP contribution is 2.26. The fourth-order valence-electron chi connectivity index (χ4n) is 2.79. The number of hydrogen-bond acceptors (Lipinski definition) is 4. The summed E-state index contributed by atoms with van der Waals surface area (Å²) in [6, 6.07) is 2.04. The Balaban J connectivity index is 1.51. The number of thiophene rings is 1. The number of carbonyl (C=O) groups excluding carboxylic acids is 1. The fourth-order valence-corrected chi connectivity index (χ4v) is 3.49. The Labute approximate surface area is 140 Å². The van der Waals surface area contributed by atoms with Crippen LogP contribution in [0, 0.1) is 0 Å². The summed E-state index contributed by atoms with van der Waals surface area (Å²) in [5.74, 6) is 0. The minimum atomic E-state index is -0.0333. The first-order valence-corrected chi connectivity index (χ1v) is 8.74. The van der Waals surface area contributed by atoms with Gasteiger partial charge in [-0.15, -0.1) is 0 Å². The largest absolute Gasteiger partial charge is 0.367 e. The molecule has 0 bridgehead atoms. The monoisotopic (exact) mass is 334 g/mol. The molecule has 23 heavy (non-hydrogen) atoms. The average Bonchev–Trinajstić information content (AvgIpc) is 3.18. The number of hydrogen-bond donors (Lipinski definition) is 1. The van der Waals surface area contributed by atoms with Gasteiger partial charge in [0.15, 0.2) is 0 Å². The lowest BCUT2D eigenvalue weighted by Crippen LogP contribution is -2.50. The predicted octanol–water partition coefficient (Wildman–Crippen LogP) is 2.20. The Bertz CT molecular complexity index is 640. The molecule has 6 nitrogen and oxygen atoms in total. The van der Waals surface area contributed by atoms with Gasteiger partial charge in [0.1, 0.15) is 6.10 Å². The van der Waals surface area contributed by atoms with E-state index in [4.69, 9.17) is 4.74 Å². The van der Waals surface area contributed by atoms with E-state index in [1.807, 2.05) is 36.6 Å². The second kappa shape index (κ2) is 7.14. The molecule has 3 heterocycles. The zero-order chi connectivity index (χ0) is 16.2. The van der Waals surface area contributed by atoms with Gasteiger partial charge in [0.05, 0.1) is 18.8 Å². The Morgan fingerprint density at radius 1 is 1.52 bits per heavy atom. The van der Waals surface area contributed by atoms with Gasteiger partial charge >= 0.3 is 6.03 Å². The lowest BCUT2D eigenvalue weighted by molar-refractivity contribution is -0.0654. The molecule has 3 rings (SSSR count). The Morgan fingerprint density at radius 3 is 3.09 bits per heavy atom. The van der Waals surface area contributed by atoms with E-state index in [-0.39, 0.29) is 18.2 Å². The molecule has 7 heteroatoms. The van der Waals surface area contributed by atoms with E-state index in [1.165, 1.54) is 0 Å². The summed E-state index contributed by atoms with van der Waals surface area (Å²) in [5.41, 5.74) is 2.27. The normalized spacial score (nSPS) is 21.4. The van der Waals surface area contributed by atoms with Crippen molar-refractivity contribution in [3.05, 3.63) is 40.3 Å². The van der Waals surface area contributed by atoms with Crippen LogP contribution >= 0.6 is 11.3 Å². The first-order valence-electron chi connectivity index (χ1n) is 7.79.